The Hall–Kier alpha value is -1.89. The molecule has 3 aromatic rings. The van der Waals surface area contributed by atoms with Crippen molar-refractivity contribution >= 4 is 21.5 Å². The van der Waals surface area contributed by atoms with Crippen LogP contribution < -0.4 is 0 Å². The van der Waals surface area contributed by atoms with Gasteiger partial charge in [0.2, 0.25) is 0 Å². The van der Waals surface area contributed by atoms with Crippen LogP contribution >= 0.6 is 0 Å². The molecule has 84 valence electrons. The molecule has 0 spiro atoms. The molecular formula is C16H15N. The molecule has 0 aliphatic rings. The van der Waals surface area contributed by atoms with Gasteiger partial charge >= 0.3 is 0 Å². The average Bonchev–Trinajstić information content (AvgIpc) is 2.27. The maximum atomic E-state index is 4.36. The molecule has 0 radical (unpaired) electrons. The lowest BCUT2D eigenvalue weighted by molar-refractivity contribution is 1.23. The van der Waals surface area contributed by atoms with Crippen molar-refractivity contribution in [1.29, 1.82) is 0 Å². The summed E-state index contributed by atoms with van der Waals surface area (Å²) < 4.78 is 0. The predicted octanol–water partition coefficient (Wildman–Crippen LogP) is 4.31. The molecule has 3 rings (SSSR count). The minimum Gasteiger partial charge on any atom is -0.261 e. The number of aryl methyl sites for hydroxylation is 3. The first-order chi connectivity index (χ1) is 8.13. The van der Waals surface area contributed by atoms with Crippen molar-refractivity contribution in [2.75, 3.05) is 0 Å². The zero-order chi connectivity index (χ0) is 12.0. The van der Waals surface area contributed by atoms with E-state index in [2.05, 4.69) is 49.2 Å². The third-order valence-corrected chi connectivity index (χ3v) is 3.28. The highest BCUT2D eigenvalue weighted by atomic mass is 14.6. The zero-order valence-corrected chi connectivity index (χ0v) is 10.4. The topological polar surface area (TPSA) is 12.9 Å². The number of rotatable bonds is 0. The quantitative estimate of drug-likeness (QED) is 0.515. The maximum Gasteiger partial charge on any atom is 0.0379 e. The van der Waals surface area contributed by atoms with Crippen LogP contribution in [-0.4, -0.2) is 4.98 Å². The van der Waals surface area contributed by atoms with Crippen LogP contribution in [0.25, 0.3) is 21.5 Å². The van der Waals surface area contributed by atoms with Crippen molar-refractivity contribution in [3.63, 3.8) is 0 Å². The summed E-state index contributed by atoms with van der Waals surface area (Å²) in [4.78, 5) is 4.36. The van der Waals surface area contributed by atoms with E-state index in [4.69, 9.17) is 0 Å². The van der Waals surface area contributed by atoms with Gasteiger partial charge in [-0.1, -0.05) is 17.7 Å². The number of fused-ring (bicyclic) bond motifs is 2. The van der Waals surface area contributed by atoms with Crippen LogP contribution in [-0.2, 0) is 0 Å². The smallest absolute Gasteiger partial charge is 0.0379 e. The summed E-state index contributed by atoms with van der Waals surface area (Å²) in [6.07, 6.45) is 1.96. The molecule has 0 unspecified atom stereocenters. The molecule has 0 N–H and O–H groups in total. The summed E-state index contributed by atoms with van der Waals surface area (Å²) in [7, 11) is 0. The van der Waals surface area contributed by atoms with E-state index in [9.17, 15) is 0 Å². The zero-order valence-electron chi connectivity index (χ0n) is 10.4. The summed E-state index contributed by atoms with van der Waals surface area (Å²) in [5, 5.41) is 5.14. The maximum absolute atomic E-state index is 4.36. The molecule has 0 fully saturated rings. The van der Waals surface area contributed by atoms with E-state index < -0.39 is 0 Å². The van der Waals surface area contributed by atoms with Gasteiger partial charge < -0.3 is 0 Å². The van der Waals surface area contributed by atoms with E-state index in [1.54, 1.807) is 0 Å². The number of aromatic nitrogens is 1. The Morgan fingerprint density at radius 3 is 2.41 bits per heavy atom. The van der Waals surface area contributed by atoms with Crippen molar-refractivity contribution in [3.05, 3.63) is 53.3 Å². The second-order valence-corrected chi connectivity index (χ2v) is 4.83. The first-order valence-electron chi connectivity index (χ1n) is 5.91. The van der Waals surface area contributed by atoms with E-state index in [0.717, 1.165) is 5.69 Å². The SMILES string of the molecule is Cc1cc(C)c2cc3cc(C)ncc3cc2c1. The van der Waals surface area contributed by atoms with E-state index in [0.29, 0.717) is 0 Å². The lowest BCUT2D eigenvalue weighted by atomic mass is 9.99. The van der Waals surface area contributed by atoms with Gasteiger partial charge in [0.25, 0.3) is 0 Å². The molecule has 1 heterocycles. The second kappa shape index (κ2) is 3.56. The molecule has 0 aliphatic heterocycles. The van der Waals surface area contributed by atoms with Crippen LogP contribution in [0.5, 0.6) is 0 Å². The van der Waals surface area contributed by atoms with Gasteiger partial charge in [-0.05, 0) is 60.7 Å². The number of hydrogen-bond donors (Lipinski definition) is 0. The molecule has 2 aromatic carbocycles. The molecule has 17 heavy (non-hydrogen) atoms. The third kappa shape index (κ3) is 1.68. The fourth-order valence-electron chi connectivity index (χ4n) is 2.49. The summed E-state index contributed by atoms with van der Waals surface area (Å²) in [6, 6.07) is 11.1. The lowest BCUT2D eigenvalue weighted by Crippen LogP contribution is -1.85. The van der Waals surface area contributed by atoms with Crippen LogP contribution in [0.2, 0.25) is 0 Å². The molecule has 0 amide bonds. The Morgan fingerprint density at radius 2 is 1.59 bits per heavy atom. The van der Waals surface area contributed by atoms with Crippen molar-refractivity contribution in [1.82, 2.24) is 4.98 Å². The van der Waals surface area contributed by atoms with Crippen LogP contribution in [0.4, 0.5) is 0 Å². The number of hydrogen-bond acceptors (Lipinski definition) is 1. The normalized spacial score (nSPS) is 11.2. The molecule has 0 aliphatic carbocycles. The average molecular weight is 221 g/mol. The molecular weight excluding hydrogens is 206 g/mol. The number of nitrogens with zero attached hydrogens (tertiary/aromatic N) is 1. The van der Waals surface area contributed by atoms with E-state index in [-0.39, 0.29) is 0 Å². The predicted molar refractivity (Wildman–Crippen MR) is 73.5 cm³/mol. The van der Waals surface area contributed by atoms with E-state index in [1.165, 1.54) is 32.7 Å². The highest BCUT2D eigenvalue weighted by molar-refractivity contribution is 5.99. The summed E-state index contributed by atoms with van der Waals surface area (Å²) >= 11 is 0. The molecule has 1 aromatic heterocycles. The van der Waals surface area contributed by atoms with Gasteiger partial charge in [-0.3, -0.25) is 4.98 Å². The van der Waals surface area contributed by atoms with Crippen LogP contribution in [0.3, 0.4) is 0 Å². The minimum absolute atomic E-state index is 1.07. The van der Waals surface area contributed by atoms with Crippen molar-refractivity contribution in [3.8, 4) is 0 Å². The van der Waals surface area contributed by atoms with E-state index >= 15 is 0 Å². The standard InChI is InChI=1S/C16H15N/c1-10-4-11(2)16-8-13-6-12(3)17-9-15(13)7-14(16)5-10/h4-9H,1-3H3. The van der Waals surface area contributed by atoms with Gasteiger partial charge in [-0.25, -0.2) is 0 Å². The molecule has 1 nitrogen and oxygen atoms in total. The van der Waals surface area contributed by atoms with Gasteiger partial charge in [-0.15, -0.1) is 0 Å². The molecule has 1 heteroatoms. The number of benzene rings is 2. The first-order valence-corrected chi connectivity index (χ1v) is 5.91. The Labute approximate surface area is 101 Å². The third-order valence-electron chi connectivity index (χ3n) is 3.28. The Morgan fingerprint density at radius 1 is 0.765 bits per heavy atom. The molecule has 0 saturated heterocycles. The lowest BCUT2D eigenvalue weighted by Gasteiger charge is -2.07. The minimum atomic E-state index is 1.07. The van der Waals surface area contributed by atoms with Gasteiger partial charge in [-0.2, -0.15) is 0 Å². The monoisotopic (exact) mass is 221 g/mol. The largest absolute Gasteiger partial charge is 0.261 e. The van der Waals surface area contributed by atoms with E-state index in [1.807, 2.05) is 13.1 Å². The van der Waals surface area contributed by atoms with Crippen molar-refractivity contribution < 1.29 is 0 Å². The Balaban J connectivity index is 2.48. The highest BCUT2D eigenvalue weighted by Crippen LogP contribution is 2.26. The molecule has 0 bridgehead atoms. The molecule has 0 saturated carbocycles. The number of pyridine rings is 1. The second-order valence-electron chi connectivity index (χ2n) is 4.83. The van der Waals surface area contributed by atoms with Gasteiger partial charge in [0, 0.05) is 17.3 Å². The van der Waals surface area contributed by atoms with Crippen LogP contribution in [0.1, 0.15) is 16.8 Å². The summed E-state index contributed by atoms with van der Waals surface area (Å²) in [6.45, 7) is 6.35. The van der Waals surface area contributed by atoms with Crippen molar-refractivity contribution in [2.24, 2.45) is 0 Å². The Bertz CT molecular complexity index is 726. The fourth-order valence-corrected chi connectivity index (χ4v) is 2.49. The van der Waals surface area contributed by atoms with Gasteiger partial charge in [0.1, 0.15) is 0 Å². The molecule has 0 atom stereocenters. The summed E-state index contributed by atoms with van der Waals surface area (Å²) in [5.74, 6) is 0. The van der Waals surface area contributed by atoms with Crippen molar-refractivity contribution in [2.45, 2.75) is 20.8 Å². The van der Waals surface area contributed by atoms with Crippen LogP contribution in [0, 0.1) is 20.8 Å². The van der Waals surface area contributed by atoms with Gasteiger partial charge in [0.15, 0.2) is 0 Å². The first kappa shape index (κ1) is 10.3. The highest BCUT2D eigenvalue weighted by Gasteiger charge is 2.02. The van der Waals surface area contributed by atoms with Gasteiger partial charge in [0.05, 0.1) is 0 Å². The Kier molecular flexibility index (Phi) is 2.15. The fraction of sp³-hybridized carbons (Fsp3) is 0.188. The summed E-state index contributed by atoms with van der Waals surface area (Å²) in [5.41, 5.74) is 3.73. The van der Waals surface area contributed by atoms with Crippen LogP contribution in [0.15, 0.2) is 36.5 Å².